The van der Waals surface area contributed by atoms with Gasteiger partial charge in [-0.15, -0.1) is 0 Å². The van der Waals surface area contributed by atoms with Crippen LogP contribution >= 0.6 is 0 Å². The molecule has 2 rings (SSSR count). The predicted octanol–water partition coefficient (Wildman–Crippen LogP) is 0.762. The molecular formula is C14H18N2O3. The van der Waals surface area contributed by atoms with Crippen LogP contribution in [0.3, 0.4) is 0 Å². The van der Waals surface area contributed by atoms with E-state index in [1.807, 2.05) is 24.3 Å². The molecule has 5 heteroatoms. The molecule has 3 N–H and O–H groups in total. The van der Waals surface area contributed by atoms with Crippen LogP contribution in [0.5, 0.6) is 0 Å². The highest BCUT2D eigenvalue weighted by Gasteiger charge is 2.38. The minimum atomic E-state index is -1.07. The van der Waals surface area contributed by atoms with Gasteiger partial charge in [-0.1, -0.05) is 24.3 Å². The number of rotatable bonds is 2. The number of fused-ring (bicyclic) bond motifs is 1. The number of carbonyl (C=O) groups is 2. The first-order valence-corrected chi connectivity index (χ1v) is 6.20. The van der Waals surface area contributed by atoms with E-state index in [4.69, 9.17) is 5.73 Å². The molecule has 1 amide bonds. The third kappa shape index (κ3) is 2.61. The van der Waals surface area contributed by atoms with Crippen molar-refractivity contribution in [3.8, 4) is 0 Å². The molecule has 0 radical (unpaired) electrons. The second-order valence-electron chi connectivity index (χ2n) is 5.48. The fourth-order valence-electron chi connectivity index (χ4n) is 2.33. The Bertz CT molecular complexity index is 520. The third-order valence-electron chi connectivity index (χ3n) is 3.35. The van der Waals surface area contributed by atoms with E-state index in [1.165, 1.54) is 4.90 Å². The number of nitrogens with zero attached hydrogens (tertiary/aromatic N) is 1. The average molecular weight is 262 g/mol. The molecule has 0 aliphatic carbocycles. The number of aliphatic carboxylic acids is 1. The molecule has 1 atom stereocenters. The third-order valence-corrected chi connectivity index (χ3v) is 3.35. The summed E-state index contributed by atoms with van der Waals surface area (Å²) in [7, 11) is 0. The van der Waals surface area contributed by atoms with Crippen LogP contribution in [-0.4, -0.2) is 33.5 Å². The summed E-state index contributed by atoms with van der Waals surface area (Å²) in [4.78, 5) is 25.0. The summed E-state index contributed by atoms with van der Waals surface area (Å²) in [5, 5.41) is 9.31. The van der Waals surface area contributed by atoms with Crippen LogP contribution in [0, 0.1) is 0 Å². The van der Waals surface area contributed by atoms with Gasteiger partial charge in [-0.3, -0.25) is 4.79 Å². The highest BCUT2D eigenvalue weighted by atomic mass is 16.4. The lowest BCUT2D eigenvalue weighted by Gasteiger charge is -2.37. The second-order valence-corrected chi connectivity index (χ2v) is 5.48. The summed E-state index contributed by atoms with van der Waals surface area (Å²) < 4.78 is 0. The van der Waals surface area contributed by atoms with Gasteiger partial charge in [0.05, 0.1) is 5.54 Å². The summed E-state index contributed by atoms with van der Waals surface area (Å²) in [5.74, 6) is -1.33. The Hall–Kier alpha value is -1.88. The fraction of sp³-hybridized carbons (Fsp3) is 0.429. The molecule has 0 spiro atoms. The van der Waals surface area contributed by atoms with E-state index < -0.39 is 17.6 Å². The van der Waals surface area contributed by atoms with Gasteiger partial charge in [-0.2, -0.15) is 0 Å². The molecule has 102 valence electrons. The summed E-state index contributed by atoms with van der Waals surface area (Å²) in [5.41, 5.74) is 6.70. The Kier molecular flexibility index (Phi) is 3.32. The maximum Gasteiger partial charge on any atom is 0.326 e. The van der Waals surface area contributed by atoms with Crippen molar-refractivity contribution in [3.05, 3.63) is 35.4 Å². The zero-order chi connectivity index (χ0) is 14.2. The van der Waals surface area contributed by atoms with Gasteiger partial charge in [0.1, 0.15) is 6.04 Å². The van der Waals surface area contributed by atoms with Gasteiger partial charge in [0.15, 0.2) is 0 Å². The summed E-state index contributed by atoms with van der Waals surface area (Å²) in [6.07, 6.45) is 0.327. The summed E-state index contributed by atoms with van der Waals surface area (Å²) in [6, 6.07) is 6.74. The van der Waals surface area contributed by atoms with Crippen LogP contribution in [-0.2, 0) is 22.6 Å². The lowest BCUT2D eigenvalue weighted by atomic mass is 9.92. The SMILES string of the molecule is CC(C)(N)C(=O)N1Cc2ccccc2C[C@H]1C(=O)O. The Labute approximate surface area is 112 Å². The molecule has 0 aromatic heterocycles. The van der Waals surface area contributed by atoms with Crippen molar-refractivity contribution in [2.24, 2.45) is 5.73 Å². The molecule has 5 nitrogen and oxygen atoms in total. The molecule has 1 aliphatic rings. The quantitative estimate of drug-likeness (QED) is 0.824. The van der Waals surface area contributed by atoms with Crippen LogP contribution in [0.4, 0.5) is 0 Å². The lowest BCUT2D eigenvalue weighted by Crippen LogP contribution is -2.57. The first kappa shape index (κ1) is 13.5. The monoisotopic (exact) mass is 262 g/mol. The first-order valence-electron chi connectivity index (χ1n) is 6.20. The Morgan fingerprint density at radius 2 is 1.89 bits per heavy atom. The molecule has 1 aliphatic heterocycles. The largest absolute Gasteiger partial charge is 0.480 e. The van der Waals surface area contributed by atoms with E-state index in [1.54, 1.807) is 13.8 Å². The van der Waals surface area contributed by atoms with Gasteiger partial charge < -0.3 is 15.7 Å². The van der Waals surface area contributed by atoms with Crippen molar-refractivity contribution >= 4 is 11.9 Å². The van der Waals surface area contributed by atoms with Gasteiger partial charge in [-0.25, -0.2) is 4.79 Å². The number of carboxylic acid groups (broad SMARTS) is 1. The Balaban J connectivity index is 2.37. The lowest BCUT2D eigenvalue weighted by molar-refractivity contribution is -0.153. The van der Waals surface area contributed by atoms with Crippen molar-refractivity contribution in [1.82, 2.24) is 4.90 Å². The van der Waals surface area contributed by atoms with Crippen molar-refractivity contribution in [2.75, 3.05) is 0 Å². The number of amides is 1. The minimum absolute atomic E-state index is 0.298. The summed E-state index contributed by atoms with van der Waals surface area (Å²) in [6.45, 7) is 3.48. The van der Waals surface area contributed by atoms with Crippen molar-refractivity contribution in [3.63, 3.8) is 0 Å². The zero-order valence-corrected chi connectivity index (χ0v) is 11.1. The van der Waals surface area contributed by atoms with E-state index in [0.717, 1.165) is 11.1 Å². The number of hydrogen-bond acceptors (Lipinski definition) is 3. The van der Waals surface area contributed by atoms with Crippen molar-refractivity contribution in [2.45, 2.75) is 38.4 Å². The van der Waals surface area contributed by atoms with E-state index in [2.05, 4.69) is 0 Å². The first-order chi connectivity index (χ1) is 8.80. The molecule has 0 fully saturated rings. The summed E-state index contributed by atoms with van der Waals surface area (Å²) >= 11 is 0. The van der Waals surface area contributed by atoms with Gasteiger partial charge >= 0.3 is 5.97 Å². The topological polar surface area (TPSA) is 83.6 Å². The van der Waals surface area contributed by atoms with Gasteiger partial charge in [0.2, 0.25) is 5.91 Å². The fourth-order valence-corrected chi connectivity index (χ4v) is 2.33. The zero-order valence-electron chi connectivity index (χ0n) is 11.1. The number of benzene rings is 1. The molecule has 0 saturated heterocycles. The van der Waals surface area contributed by atoms with E-state index in [9.17, 15) is 14.7 Å². The number of carbonyl (C=O) groups excluding carboxylic acids is 1. The molecule has 1 heterocycles. The molecule has 19 heavy (non-hydrogen) atoms. The highest BCUT2D eigenvalue weighted by Crippen LogP contribution is 2.25. The molecule has 0 bridgehead atoms. The van der Waals surface area contributed by atoms with Crippen LogP contribution in [0.15, 0.2) is 24.3 Å². The Morgan fingerprint density at radius 3 is 2.42 bits per heavy atom. The van der Waals surface area contributed by atoms with Gasteiger partial charge in [0, 0.05) is 13.0 Å². The second kappa shape index (κ2) is 4.66. The number of carboxylic acids is 1. The molecule has 1 aromatic carbocycles. The van der Waals surface area contributed by atoms with E-state index in [0.29, 0.717) is 13.0 Å². The predicted molar refractivity (Wildman–Crippen MR) is 70.4 cm³/mol. The molecular weight excluding hydrogens is 244 g/mol. The van der Waals surface area contributed by atoms with Crippen LogP contribution < -0.4 is 5.73 Å². The number of nitrogens with two attached hydrogens (primary N) is 1. The van der Waals surface area contributed by atoms with Crippen LogP contribution in [0.2, 0.25) is 0 Å². The minimum Gasteiger partial charge on any atom is -0.480 e. The molecule has 0 saturated carbocycles. The molecule has 1 aromatic rings. The number of hydrogen-bond donors (Lipinski definition) is 2. The highest BCUT2D eigenvalue weighted by molar-refractivity contribution is 5.90. The van der Waals surface area contributed by atoms with Crippen LogP contribution in [0.1, 0.15) is 25.0 Å². The van der Waals surface area contributed by atoms with Gasteiger partial charge in [-0.05, 0) is 25.0 Å². The van der Waals surface area contributed by atoms with Crippen molar-refractivity contribution < 1.29 is 14.7 Å². The molecule has 0 unspecified atom stereocenters. The van der Waals surface area contributed by atoms with E-state index >= 15 is 0 Å². The normalized spacial score (nSPS) is 18.9. The Morgan fingerprint density at radius 1 is 1.32 bits per heavy atom. The maximum atomic E-state index is 12.3. The maximum absolute atomic E-state index is 12.3. The van der Waals surface area contributed by atoms with Crippen LogP contribution in [0.25, 0.3) is 0 Å². The average Bonchev–Trinajstić information content (AvgIpc) is 2.35. The smallest absolute Gasteiger partial charge is 0.326 e. The van der Waals surface area contributed by atoms with Crippen molar-refractivity contribution in [1.29, 1.82) is 0 Å². The van der Waals surface area contributed by atoms with Gasteiger partial charge in [0.25, 0.3) is 0 Å². The standard InChI is InChI=1S/C14H18N2O3/c1-14(2,15)13(19)16-8-10-6-4-3-5-9(10)7-11(16)12(17)18/h3-6,11H,7-8,15H2,1-2H3,(H,17,18)/t11-/m0/s1. The van der Waals surface area contributed by atoms with E-state index in [-0.39, 0.29) is 5.91 Å².